The molecule has 0 aliphatic carbocycles. The van der Waals surface area contributed by atoms with Crippen molar-refractivity contribution in [1.29, 1.82) is 0 Å². The van der Waals surface area contributed by atoms with E-state index in [1.165, 1.54) is 6.08 Å². The predicted molar refractivity (Wildman–Crippen MR) is 69.7 cm³/mol. The van der Waals surface area contributed by atoms with Gasteiger partial charge in [0, 0.05) is 11.7 Å². The Morgan fingerprint density at radius 2 is 2.58 bits per heavy atom. The van der Waals surface area contributed by atoms with Gasteiger partial charge in [-0.15, -0.1) is 0 Å². The molecule has 2 heterocycles. The smallest absolute Gasteiger partial charge is 0.410 e. The maximum atomic E-state index is 11.9. The van der Waals surface area contributed by atoms with E-state index in [9.17, 15) is 9.90 Å². The Hall–Kier alpha value is -1.82. The lowest BCUT2D eigenvalue weighted by Crippen LogP contribution is -2.37. The van der Waals surface area contributed by atoms with Crippen LogP contribution in [0.2, 0.25) is 0 Å². The number of amides is 1. The topological polar surface area (TPSA) is 78.4 Å². The number of carbonyl (C=O) groups excluding carboxylic acids is 1. The normalized spacial score (nSPS) is 22.5. The number of rotatable bonds is 4. The summed E-state index contributed by atoms with van der Waals surface area (Å²) in [6, 6.07) is -0.0522. The second kappa shape index (κ2) is 5.88. The number of β-amino-alcohol motifs (C(OH)–C–C–N with tert-alkyl or cyclic N) is 1. The highest BCUT2D eigenvalue weighted by atomic mass is 16.6. The molecule has 2 rings (SSSR count). The average molecular weight is 265 g/mol. The Morgan fingerprint density at radius 1 is 1.79 bits per heavy atom. The zero-order valence-electron chi connectivity index (χ0n) is 11.0. The third-order valence-electron chi connectivity index (χ3n) is 3.34. The van der Waals surface area contributed by atoms with Crippen molar-refractivity contribution < 1.29 is 14.6 Å². The average Bonchev–Trinajstić information content (AvgIpc) is 2.94. The molecule has 1 aromatic rings. The molecule has 1 amide bonds. The number of aliphatic hydroxyl groups excluding tert-OH is 1. The summed E-state index contributed by atoms with van der Waals surface area (Å²) >= 11 is 0. The van der Waals surface area contributed by atoms with Crippen LogP contribution in [-0.4, -0.2) is 51.6 Å². The van der Waals surface area contributed by atoms with Crippen LogP contribution in [0.5, 0.6) is 0 Å². The Morgan fingerprint density at radius 3 is 3.21 bits per heavy atom. The van der Waals surface area contributed by atoms with Crippen molar-refractivity contribution in [3.63, 3.8) is 0 Å². The quantitative estimate of drug-likeness (QED) is 0.797. The van der Waals surface area contributed by atoms with Crippen molar-refractivity contribution in [2.24, 2.45) is 0 Å². The van der Waals surface area contributed by atoms with Crippen molar-refractivity contribution in [3.05, 3.63) is 30.1 Å². The highest BCUT2D eigenvalue weighted by Gasteiger charge is 2.35. The zero-order valence-corrected chi connectivity index (χ0v) is 11.0. The highest BCUT2D eigenvalue weighted by Crippen LogP contribution is 2.23. The maximum Gasteiger partial charge on any atom is 0.410 e. The van der Waals surface area contributed by atoms with E-state index in [1.807, 2.05) is 6.92 Å². The van der Waals surface area contributed by atoms with Gasteiger partial charge < -0.3 is 14.7 Å². The van der Waals surface area contributed by atoms with Gasteiger partial charge in [-0.2, -0.15) is 5.10 Å². The third-order valence-corrected chi connectivity index (χ3v) is 3.34. The molecule has 6 nitrogen and oxygen atoms in total. The minimum absolute atomic E-state index is 0.0522. The summed E-state index contributed by atoms with van der Waals surface area (Å²) in [6.45, 7) is 5.95. The van der Waals surface area contributed by atoms with Crippen molar-refractivity contribution in [2.45, 2.75) is 31.9 Å². The maximum absolute atomic E-state index is 11.9. The first-order valence-electron chi connectivity index (χ1n) is 6.33. The van der Waals surface area contributed by atoms with Gasteiger partial charge in [-0.3, -0.25) is 5.10 Å². The number of nitrogens with zero attached hydrogens (tertiary/aromatic N) is 2. The van der Waals surface area contributed by atoms with Gasteiger partial charge in [0.15, 0.2) is 0 Å². The molecule has 0 saturated carbocycles. The molecule has 1 aliphatic rings. The molecule has 0 unspecified atom stereocenters. The van der Waals surface area contributed by atoms with Crippen molar-refractivity contribution >= 4 is 6.09 Å². The number of aryl methyl sites for hydroxylation is 1. The third kappa shape index (κ3) is 3.14. The molecule has 1 aromatic heterocycles. The van der Waals surface area contributed by atoms with Gasteiger partial charge in [-0.05, 0) is 25.3 Å². The van der Waals surface area contributed by atoms with Gasteiger partial charge in [0.1, 0.15) is 6.61 Å². The van der Waals surface area contributed by atoms with E-state index in [2.05, 4.69) is 16.8 Å². The number of aromatic amines is 1. The molecule has 19 heavy (non-hydrogen) atoms. The molecule has 6 heteroatoms. The van der Waals surface area contributed by atoms with E-state index in [-0.39, 0.29) is 12.6 Å². The van der Waals surface area contributed by atoms with Crippen LogP contribution in [0.4, 0.5) is 4.79 Å². The minimum atomic E-state index is -0.492. The lowest BCUT2D eigenvalue weighted by atomic mass is 10.0. The zero-order chi connectivity index (χ0) is 13.8. The first-order valence-corrected chi connectivity index (χ1v) is 6.33. The first kappa shape index (κ1) is 13.6. The molecule has 0 aromatic carbocycles. The highest BCUT2D eigenvalue weighted by molar-refractivity contribution is 5.68. The lowest BCUT2D eigenvalue weighted by Gasteiger charge is -2.23. The Kier molecular flexibility index (Phi) is 4.21. The number of hydrogen-bond acceptors (Lipinski definition) is 4. The number of ether oxygens (including phenoxy) is 1. The Bertz CT molecular complexity index is 458. The summed E-state index contributed by atoms with van der Waals surface area (Å²) in [5, 5.41) is 16.6. The molecule has 1 fully saturated rings. The Balaban J connectivity index is 2.03. The lowest BCUT2D eigenvalue weighted by molar-refractivity contribution is 0.102. The van der Waals surface area contributed by atoms with Crippen LogP contribution in [0.25, 0.3) is 0 Å². The van der Waals surface area contributed by atoms with Crippen molar-refractivity contribution in [1.82, 2.24) is 15.1 Å². The van der Waals surface area contributed by atoms with Crippen LogP contribution < -0.4 is 0 Å². The van der Waals surface area contributed by atoms with Crippen LogP contribution in [0, 0.1) is 6.92 Å². The summed E-state index contributed by atoms with van der Waals surface area (Å²) in [4.78, 5) is 13.5. The molecule has 1 saturated heterocycles. The number of likely N-dealkylation sites (tertiary alicyclic amines) is 1. The molecule has 0 radical (unpaired) electrons. The van der Waals surface area contributed by atoms with Gasteiger partial charge in [0.05, 0.1) is 18.8 Å². The summed E-state index contributed by atoms with van der Waals surface area (Å²) in [5.41, 5.74) is 2.04. The van der Waals surface area contributed by atoms with E-state index in [1.54, 1.807) is 11.1 Å². The Labute approximate surface area is 112 Å². The van der Waals surface area contributed by atoms with Gasteiger partial charge in [-0.1, -0.05) is 12.7 Å². The molecule has 2 atom stereocenters. The fraction of sp³-hybridized carbons (Fsp3) is 0.538. The number of aromatic nitrogens is 2. The summed E-state index contributed by atoms with van der Waals surface area (Å²) in [7, 11) is 0. The summed E-state index contributed by atoms with van der Waals surface area (Å²) < 4.78 is 5.04. The number of nitrogens with one attached hydrogen (secondary N) is 1. The van der Waals surface area contributed by atoms with Gasteiger partial charge in [-0.25, -0.2) is 4.79 Å². The number of hydrogen-bond donors (Lipinski definition) is 2. The van der Waals surface area contributed by atoms with Crippen LogP contribution in [-0.2, 0) is 11.2 Å². The minimum Gasteiger partial charge on any atom is -0.445 e. The van der Waals surface area contributed by atoms with Crippen molar-refractivity contribution in [2.75, 3.05) is 13.2 Å². The van der Waals surface area contributed by atoms with Gasteiger partial charge >= 0.3 is 6.09 Å². The van der Waals surface area contributed by atoms with E-state index in [0.29, 0.717) is 19.4 Å². The van der Waals surface area contributed by atoms with Crippen LogP contribution >= 0.6 is 0 Å². The molecule has 104 valence electrons. The number of aliphatic hydroxyl groups is 1. The molecule has 0 spiro atoms. The fourth-order valence-electron chi connectivity index (χ4n) is 2.36. The van der Waals surface area contributed by atoms with E-state index >= 15 is 0 Å². The summed E-state index contributed by atoms with van der Waals surface area (Å²) in [6.07, 6.45) is 3.62. The SMILES string of the molecule is C=CCOC(=O)N1C[C@H](O)C[C@H]1Cc1cn[nH]c1C. The van der Waals surface area contributed by atoms with Crippen LogP contribution in [0.3, 0.4) is 0 Å². The molecule has 2 N–H and O–H groups in total. The number of H-pyrrole nitrogens is 1. The molecule has 1 aliphatic heterocycles. The fourth-order valence-corrected chi connectivity index (χ4v) is 2.36. The number of carbonyl (C=O) groups is 1. The molecular formula is C13H19N3O3. The van der Waals surface area contributed by atoms with Gasteiger partial charge in [0.2, 0.25) is 0 Å². The molecule has 0 bridgehead atoms. The second-order valence-electron chi connectivity index (χ2n) is 4.79. The largest absolute Gasteiger partial charge is 0.445 e. The standard InChI is InChI=1S/C13H19N3O3/c1-3-4-19-13(18)16-8-12(17)6-11(16)5-10-7-14-15-9(10)2/h3,7,11-12,17H,1,4-6,8H2,2H3,(H,14,15)/t11-,12-/m1/s1. The second-order valence-corrected chi connectivity index (χ2v) is 4.79. The van der Waals surface area contributed by atoms with E-state index in [0.717, 1.165) is 11.3 Å². The van der Waals surface area contributed by atoms with E-state index in [4.69, 9.17) is 4.74 Å². The van der Waals surface area contributed by atoms with Crippen LogP contribution in [0.15, 0.2) is 18.9 Å². The van der Waals surface area contributed by atoms with Gasteiger partial charge in [0.25, 0.3) is 0 Å². The molecular weight excluding hydrogens is 246 g/mol. The first-order chi connectivity index (χ1) is 9.11. The van der Waals surface area contributed by atoms with Crippen molar-refractivity contribution in [3.8, 4) is 0 Å². The summed E-state index contributed by atoms with van der Waals surface area (Å²) in [5.74, 6) is 0. The predicted octanol–water partition coefficient (Wildman–Crippen LogP) is 1.02. The van der Waals surface area contributed by atoms with Crippen LogP contribution in [0.1, 0.15) is 17.7 Å². The van der Waals surface area contributed by atoms with E-state index < -0.39 is 12.2 Å². The monoisotopic (exact) mass is 265 g/mol.